The fraction of sp³-hybridized carbons (Fsp3) is 0.462. The molecule has 0 spiro atoms. The van der Waals surface area contributed by atoms with Crippen LogP contribution >= 0.6 is 0 Å². The van der Waals surface area contributed by atoms with Gasteiger partial charge in [-0.05, 0) is 12.1 Å². The number of aromatic nitrogens is 3. The van der Waals surface area contributed by atoms with Crippen LogP contribution in [-0.2, 0) is 13.0 Å². The number of fused-ring (bicyclic) bond motifs is 1. The molecule has 0 aliphatic carbocycles. The molecule has 9 heteroatoms. The van der Waals surface area contributed by atoms with Crippen molar-refractivity contribution in [3.05, 3.63) is 28.8 Å². The molecule has 0 unspecified atom stereocenters. The molecule has 2 aromatic heterocycles. The van der Waals surface area contributed by atoms with Crippen LogP contribution in [0.25, 0.3) is 0 Å². The lowest BCUT2D eigenvalue weighted by molar-refractivity contribution is 0.0686. The molecule has 1 N–H and O–H groups in total. The first-order valence-corrected chi connectivity index (χ1v) is 6.83. The second kappa shape index (κ2) is 5.74. The molecule has 0 fully saturated rings. The third kappa shape index (κ3) is 2.53. The van der Waals surface area contributed by atoms with E-state index in [1.165, 1.54) is 11.0 Å². The first-order valence-electron chi connectivity index (χ1n) is 6.83. The van der Waals surface area contributed by atoms with E-state index in [4.69, 9.17) is 9.26 Å². The van der Waals surface area contributed by atoms with Gasteiger partial charge in [0.25, 0.3) is 18.2 Å². The molecule has 0 atom stereocenters. The highest BCUT2D eigenvalue weighted by molar-refractivity contribution is 5.91. The number of nitrogens with zero attached hydrogens (tertiary/aromatic N) is 3. The molecule has 3 heterocycles. The number of hydrogen-bond acceptors (Lipinski definition) is 5. The summed E-state index contributed by atoms with van der Waals surface area (Å²) in [4.78, 5) is 13.8. The van der Waals surface area contributed by atoms with E-state index < -0.39 is 12.3 Å². The molecule has 3 rings (SSSR count). The summed E-state index contributed by atoms with van der Waals surface area (Å²) < 4.78 is 35.9. The Kier molecular flexibility index (Phi) is 3.78. The normalized spacial score (nSPS) is 14.3. The molecule has 118 valence electrons. The Labute approximate surface area is 124 Å². The third-order valence-electron chi connectivity index (χ3n) is 3.45. The average molecular weight is 312 g/mol. The average Bonchev–Trinajstić information content (AvgIpc) is 3.12. The molecule has 22 heavy (non-hydrogen) atoms. The molecule has 0 bridgehead atoms. The van der Waals surface area contributed by atoms with Crippen molar-refractivity contribution < 1.29 is 22.8 Å². The van der Waals surface area contributed by atoms with Crippen LogP contribution in [0.15, 0.2) is 10.6 Å². The predicted molar refractivity (Wildman–Crippen MR) is 69.7 cm³/mol. The number of aromatic amines is 1. The van der Waals surface area contributed by atoms with Gasteiger partial charge in [0.05, 0.1) is 12.7 Å². The topological polar surface area (TPSA) is 84.2 Å². The van der Waals surface area contributed by atoms with Crippen molar-refractivity contribution >= 4 is 5.91 Å². The van der Waals surface area contributed by atoms with E-state index in [0.717, 1.165) is 0 Å². The standard InChI is InChI=1S/C13H14F2N4O3/c1-2-21-10-5-9(22-18-10)13(20)19-4-3-8-7(6-19)11(12(14)15)17-16-8/h5,12H,2-4,6H2,1H3,(H,16,17). The molecule has 1 amide bonds. The van der Waals surface area contributed by atoms with Gasteiger partial charge in [-0.15, -0.1) is 0 Å². The van der Waals surface area contributed by atoms with Crippen LogP contribution in [0.2, 0.25) is 0 Å². The van der Waals surface area contributed by atoms with Crippen molar-refractivity contribution in [3.8, 4) is 5.88 Å². The summed E-state index contributed by atoms with van der Waals surface area (Å²) in [5, 5.41) is 9.85. The Balaban J connectivity index is 1.78. The lowest BCUT2D eigenvalue weighted by Crippen LogP contribution is -2.36. The van der Waals surface area contributed by atoms with Crippen LogP contribution in [0, 0.1) is 0 Å². The van der Waals surface area contributed by atoms with Gasteiger partial charge < -0.3 is 14.2 Å². The van der Waals surface area contributed by atoms with Gasteiger partial charge in [0.1, 0.15) is 5.69 Å². The SMILES string of the molecule is CCOc1cc(C(=O)N2CCc3[nH]nc(C(F)F)c3C2)on1. The first kappa shape index (κ1) is 14.5. The number of alkyl halides is 2. The highest BCUT2D eigenvalue weighted by Crippen LogP contribution is 2.28. The number of amides is 1. The summed E-state index contributed by atoms with van der Waals surface area (Å²) >= 11 is 0. The van der Waals surface area contributed by atoms with Crippen LogP contribution in [0.3, 0.4) is 0 Å². The summed E-state index contributed by atoms with van der Waals surface area (Å²) in [5.74, 6) is -0.167. The minimum atomic E-state index is -2.68. The Morgan fingerprint density at radius 1 is 1.59 bits per heavy atom. The number of halogens is 2. The van der Waals surface area contributed by atoms with E-state index >= 15 is 0 Å². The molecule has 7 nitrogen and oxygen atoms in total. The lowest BCUT2D eigenvalue weighted by Gasteiger charge is -2.26. The minimum absolute atomic E-state index is 0.0222. The summed E-state index contributed by atoms with van der Waals surface area (Å²) in [6.07, 6.45) is -2.24. The van der Waals surface area contributed by atoms with Crippen LogP contribution in [0.1, 0.15) is 40.9 Å². The van der Waals surface area contributed by atoms with Crippen molar-refractivity contribution in [2.24, 2.45) is 0 Å². The molecule has 0 aromatic carbocycles. The number of carbonyl (C=O) groups is 1. The minimum Gasteiger partial charge on any atom is -0.476 e. The van der Waals surface area contributed by atoms with Crippen molar-refractivity contribution in [1.29, 1.82) is 0 Å². The third-order valence-corrected chi connectivity index (χ3v) is 3.45. The van der Waals surface area contributed by atoms with Gasteiger partial charge in [-0.2, -0.15) is 5.10 Å². The molecule has 0 saturated heterocycles. The van der Waals surface area contributed by atoms with E-state index in [-0.39, 0.29) is 23.9 Å². The fourth-order valence-electron chi connectivity index (χ4n) is 2.40. The second-order valence-corrected chi connectivity index (χ2v) is 4.81. The van der Waals surface area contributed by atoms with Crippen LogP contribution in [-0.4, -0.2) is 39.3 Å². The summed E-state index contributed by atoms with van der Waals surface area (Å²) in [7, 11) is 0. The van der Waals surface area contributed by atoms with E-state index in [1.807, 2.05) is 0 Å². The number of H-pyrrole nitrogens is 1. The van der Waals surface area contributed by atoms with Crippen LogP contribution < -0.4 is 4.74 Å². The zero-order chi connectivity index (χ0) is 15.7. The van der Waals surface area contributed by atoms with Crippen molar-refractivity contribution in [1.82, 2.24) is 20.3 Å². The highest BCUT2D eigenvalue weighted by atomic mass is 19.3. The van der Waals surface area contributed by atoms with E-state index in [2.05, 4.69) is 15.4 Å². The number of carbonyl (C=O) groups excluding carboxylic acids is 1. The number of nitrogens with one attached hydrogen (secondary N) is 1. The van der Waals surface area contributed by atoms with Crippen LogP contribution in [0.5, 0.6) is 5.88 Å². The summed E-state index contributed by atoms with van der Waals surface area (Å²) in [6.45, 7) is 2.64. The molecule has 1 aliphatic rings. The summed E-state index contributed by atoms with van der Waals surface area (Å²) in [5.41, 5.74) is 0.714. The monoisotopic (exact) mass is 312 g/mol. The highest BCUT2D eigenvalue weighted by Gasteiger charge is 2.30. The number of rotatable bonds is 4. The predicted octanol–water partition coefficient (Wildman–Crippen LogP) is 1.93. The molecule has 0 radical (unpaired) electrons. The Morgan fingerprint density at radius 2 is 2.41 bits per heavy atom. The fourth-order valence-corrected chi connectivity index (χ4v) is 2.40. The van der Waals surface area contributed by atoms with E-state index in [1.54, 1.807) is 6.92 Å². The molecule has 2 aromatic rings. The largest absolute Gasteiger partial charge is 0.476 e. The Morgan fingerprint density at radius 3 is 3.14 bits per heavy atom. The van der Waals surface area contributed by atoms with E-state index in [9.17, 15) is 13.6 Å². The Hall–Kier alpha value is -2.45. The van der Waals surface area contributed by atoms with Gasteiger partial charge in [-0.3, -0.25) is 9.89 Å². The zero-order valence-corrected chi connectivity index (χ0v) is 11.8. The van der Waals surface area contributed by atoms with Crippen molar-refractivity contribution in [2.45, 2.75) is 26.3 Å². The van der Waals surface area contributed by atoms with Gasteiger partial charge >= 0.3 is 0 Å². The molecular formula is C13H14F2N4O3. The van der Waals surface area contributed by atoms with Gasteiger partial charge in [0, 0.05) is 30.8 Å². The molecule has 1 aliphatic heterocycles. The quantitative estimate of drug-likeness (QED) is 0.932. The number of hydrogen-bond donors (Lipinski definition) is 1. The van der Waals surface area contributed by atoms with Gasteiger partial charge in [-0.1, -0.05) is 0 Å². The Bertz CT molecular complexity index is 683. The summed E-state index contributed by atoms with van der Waals surface area (Å²) in [6, 6.07) is 1.39. The lowest BCUT2D eigenvalue weighted by atomic mass is 10.1. The maximum Gasteiger partial charge on any atom is 0.292 e. The van der Waals surface area contributed by atoms with E-state index in [0.29, 0.717) is 30.8 Å². The smallest absolute Gasteiger partial charge is 0.292 e. The molecule has 0 saturated carbocycles. The number of ether oxygens (including phenoxy) is 1. The van der Waals surface area contributed by atoms with Crippen molar-refractivity contribution in [3.63, 3.8) is 0 Å². The zero-order valence-electron chi connectivity index (χ0n) is 11.8. The second-order valence-electron chi connectivity index (χ2n) is 4.81. The maximum atomic E-state index is 12.9. The maximum absolute atomic E-state index is 12.9. The van der Waals surface area contributed by atoms with Crippen molar-refractivity contribution in [2.75, 3.05) is 13.2 Å². The van der Waals surface area contributed by atoms with Gasteiger partial charge in [0.15, 0.2) is 0 Å². The van der Waals surface area contributed by atoms with Crippen LogP contribution in [0.4, 0.5) is 8.78 Å². The van der Waals surface area contributed by atoms with Gasteiger partial charge in [0.2, 0.25) is 5.76 Å². The molecular weight excluding hydrogens is 298 g/mol. The van der Waals surface area contributed by atoms with Gasteiger partial charge in [-0.25, -0.2) is 8.78 Å². The first-order chi connectivity index (χ1) is 10.6.